The number of para-hydroxylation sites is 1. The van der Waals surface area contributed by atoms with Gasteiger partial charge in [0.2, 0.25) is 0 Å². The molecule has 0 aliphatic rings. The number of H-pyrrole nitrogens is 1. The van der Waals surface area contributed by atoms with Gasteiger partial charge >= 0.3 is 0 Å². The number of nitriles is 1. The smallest absolute Gasteiger partial charge is 0.149 e. The molecular weight excluding hydrogens is 460 g/mol. The van der Waals surface area contributed by atoms with Crippen molar-refractivity contribution in [3.8, 4) is 6.07 Å². The first-order valence-electron chi connectivity index (χ1n) is 11.1. The average Bonchev–Trinajstić information content (AvgIpc) is 3.40. The topological polar surface area (TPSA) is 57.4 Å². The van der Waals surface area contributed by atoms with E-state index in [0.29, 0.717) is 11.4 Å². The molecule has 0 atom stereocenters. The number of hydrogen-bond donors (Lipinski definition) is 1. The lowest BCUT2D eigenvalue weighted by atomic mass is 10.1. The Labute approximate surface area is 207 Å². The number of nitrogens with one attached hydrogen (secondary N) is 1. The van der Waals surface area contributed by atoms with Crippen LogP contribution < -0.4 is 0 Å². The fraction of sp³-hybridized carbons (Fsp3) is 0.143. The fourth-order valence-corrected chi connectivity index (χ4v) is 5.05. The van der Waals surface area contributed by atoms with Gasteiger partial charge in [-0.2, -0.15) is 5.26 Å². The molecule has 0 fully saturated rings. The highest BCUT2D eigenvalue weighted by atomic mass is 35.5. The second-order valence-corrected chi connectivity index (χ2v) is 9.91. The lowest BCUT2D eigenvalue weighted by Gasteiger charge is -2.05. The van der Waals surface area contributed by atoms with Gasteiger partial charge in [-0.1, -0.05) is 29.8 Å². The molecule has 0 bridgehead atoms. The largest absolute Gasteiger partial charge is 0.346 e. The highest BCUT2D eigenvalue weighted by Crippen LogP contribution is 2.28. The van der Waals surface area contributed by atoms with E-state index >= 15 is 0 Å². The molecule has 0 unspecified atom stereocenters. The number of hydrogen-bond acceptors (Lipinski definition) is 3. The van der Waals surface area contributed by atoms with Gasteiger partial charge in [0.05, 0.1) is 16.6 Å². The highest BCUT2D eigenvalue weighted by Gasteiger charge is 2.12. The van der Waals surface area contributed by atoms with Gasteiger partial charge < -0.3 is 9.55 Å². The first-order chi connectivity index (χ1) is 16.5. The van der Waals surface area contributed by atoms with E-state index in [1.165, 1.54) is 16.0 Å². The summed E-state index contributed by atoms with van der Waals surface area (Å²) >= 11 is 7.80. The van der Waals surface area contributed by atoms with E-state index < -0.39 is 0 Å². The Hall–Kier alpha value is -3.46. The summed E-state index contributed by atoms with van der Waals surface area (Å²) in [4.78, 5) is 9.21. The fourth-order valence-electron chi connectivity index (χ4n) is 4.07. The van der Waals surface area contributed by atoms with Crippen LogP contribution in [-0.2, 0) is 6.54 Å². The molecule has 0 spiro atoms. The molecule has 0 saturated heterocycles. The summed E-state index contributed by atoms with van der Waals surface area (Å²) in [5.74, 6) is 1.52. The van der Waals surface area contributed by atoms with Crippen molar-refractivity contribution >= 4 is 56.9 Å². The van der Waals surface area contributed by atoms with Crippen molar-refractivity contribution in [1.29, 1.82) is 5.26 Å². The number of nitrogens with zero attached hydrogens (tertiary/aromatic N) is 3. The van der Waals surface area contributed by atoms with Crippen molar-refractivity contribution in [2.45, 2.75) is 25.3 Å². The summed E-state index contributed by atoms with van der Waals surface area (Å²) in [5, 5.41) is 11.8. The number of aryl methyl sites for hydroxylation is 3. The normalized spacial score (nSPS) is 11.9. The molecule has 3 aromatic carbocycles. The SMILES string of the molecule is Cc1cc2nc(/C(C#N)=C\c3cn(CCSc4ccc(Cl)cc4)c4ccccc34)[nH]c2cc1C. The molecule has 2 heterocycles. The summed E-state index contributed by atoms with van der Waals surface area (Å²) in [6.45, 7) is 5.01. The zero-order valence-electron chi connectivity index (χ0n) is 19.0. The molecular formula is C28H23ClN4S. The zero-order valence-corrected chi connectivity index (χ0v) is 20.5. The van der Waals surface area contributed by atoms with Gasteiger partial charge in [-0.05, 0) is 73.5 Å². The first kappa shape index (κ1) is 22.3. The van der Waals surface area contributed by atoms with E-state index in [4.69, 9.17) is 16.6 Å². The lowest BCUT2D eigenvalue weighted by molar-refractivity contribution is 0.807. The maximum atomic E-state index is 9.94. The Morgan fingerprint density at radius 2 is 1.88 bits per heavy atom. The molecule has 34 heavy (non-hydrogen) atoms. The van der Waals surface area contributed by atoms with Crippen LogP contribution in [0.4, 0.5) is 0 Å². The van der Waals surface area contributed by atoms with Crippen LogP contribution in [0.2, 0.25) is 5.02 Å². The van der Waals surface area contributed by atoms with Crippen LogP contribution in [0.15, 0.2) is 71.8 Å². The Morgan fingerprint density at radius 3 is 2.68 bits per heavy atom. The summed E-state index contributed by atoms with van der Waals surface area (Å²) in [6.07, 6.45) is 4.06. The van der Waals surface area contributed by atoms with Crippen molar-refractivity contribution in [2.24, 2.45) is 0 Å². The number of allylic oxidation sites excluding steroid dienone is 1. The van der Waals surface area contributed by atoms with E-state index in [9.17, 15) is 5.26 Å². The third-order valence-electron chi connectivity index (χ3n) is 6.01. The van der Waals surface area contributed by atoms with E-state index in [-0.39, 0.29) is 0 Å². The number of benzene rings is 3. The highest BCUT2D eigenvalue weighted by molar-refractivity contribution is 7.99. The second-order valence-electron chi connectivity index (χ2n) is 8.31. The predicted octanol–water partition coefficient (Wildman–Crippen LogP) is 7.64. The predicted molar refractivity (Wildman–Crippen MR) is 143 cm³/mol. The van der Waals surface area contributed by atoms with Gasteiger partial charge in [0.15, 0.2) is 0 Å². The molecule has 1 N–H and O–H groups in total. The van der Waals surface area contributed by atoms with Crippen LogP contribution in [0.5, 0.6) is 0 Å². The summed E-state index contributed by atoms with van der Waals surface area (Å²) < 4.78 is 2.25. The summed E-state index contributed by atoms with van der Waals surface area (Å²) in [6, 6.07) is 22.7. The molecule has 0 saturated carbocycles. The lowest BCUT2D eigenvalue weighted by Crippen LogP contribution is -1.98. The van der Waals surface area contributed by atoms with Crippen LogP contribution in [-0.4, -0.2) is 20.3 Å². The van der Waals surface area contributed by atoms with Gasteiger partial charge in [-0.15, -0.1) is 11.8 Å². The van der Waals surface area contributed by atoms with E-state index in [0.717, 1.165) is 44.8 Å². The first-order valence-corrected chi connectivity index (χ1v) is 12.4. The number of fused-ring (bicyclic) bond motifs is 2. The van der Waals surface area contributed by atoms with E-state index in [1.54, 1.807) is 11.8 Å². The number of imidazole rings is 1. The minimum Gasteiger partial charge on any atom is -0.346 e. The van der Waals surface area contributed by atoms with Gasteiger partial charge in [0.1, 0.15) is 11.9 Å². The molecule has 5 aromatic rings. The van der Waals surface area contributed by atoms with Gasteiger partial charge in [0.25, 0.3) is 0 Å². The van der Waals surface area contributed by atoms with Gasteiger partial charge in [0, 0.05) is 44.9 Å². The van der Waals surface area contributed by atoms with Gasteiger partial charge in [-0.25, -0.2) is 4.98 Å². The number of halogens is 1. The van der Waals surface area contributed by atoms with Crippen molar-refractivity contribution in [1.82, 2.24) is 14.5 Å². The Morgan fingerprint density at radius 1 is 1.12 bits per heavy atom. The zero-order chi connectivity index (χ0) is 23.7. The minimum absolute atomic E-state index is 0.518. The Bertz CT molecular complexity index is 1530. The number of aromatic amines is 1. The van der Waals surface area contributed by atoms with Crippen LogP contribution in [0.3, 0.4) is 0 Å². The average molecular weight is 483 g/mol. The number of aromatic nitrogens is 3. The molecule has 2 aromatic heterocycles. The quantitative estimate of drug-likeness (QED) is 0.200. The molecule has 5 rings (SSSR count). The maximum absolute atomic E-state index is 9.94. The molecule has 0 amide bonds. The van der Waals surface area contributed by atoms with E-state index in [1.807, 2.05) is 42.5 Å². The molecule has 0 aliphatic heterocycles. The van der Waals surface area contributed by atoms with Crippen molar-refractivity contribution < 1.29 is 0 Å². The van der Waals surface area contributed by atoms with E-state index in [2.05, 4.69) is 59.9 Å². The molecule has 4 nitrogen and oxygen atoms in total. The molecule has 0 aliphatic carbocycles. The molecule has 0 radical (unpaired) electrons. The van der Waals surface area contributed by atoms with Crippen LogP contribution >= 0.6 is 23.4 Å². The van der Waals surface area contributed by atoms with Gasteiger partial charge in [-0.3, -0.25) is 0 Å². The minimum atomic E-state index is 0.518. The second kappa shape index (κ2) is 9.42. The third kappa shape index (κ3) is 4.48. The van der Waals surface area contributed by atoms with Crippen molar-refractivity contribution in [3.63, 3.8) is 0 Å². The van der Waals surface area contributed by atoms with Crippen LogP contribution in [0, 0.1) is 25.2 Å². The summed E-state index contributed by atoms with van der Waals surface area (Å²) in [5.41, 5.74) is 6.89. The van der Waals surface area contributed by atoms with Crippen molar-refractivity contribution in [2.75, 3.05) is 5.75 Å². The maximum Gasteiger partial charge on any atom is 0.149 e. The van der Waals surface area contributed by atoms with Crippen LogP contribution in [0.1, 0.15) is 22.5 Å². The van der Waals surface area contributed by atoms with Crippen molar-refractivity contribution in [3.05, 3.63) is 94.4 Å². The summed E-state index contributed by atoms with van der Waals surface area (Å²) in [7, 11) is 0. The van der Waals surface area contributed by atoms with Crippen LogP contribution in [0.25, 0.3) is 33.6 Å². The molecule has 6 heteroatoms. The monoisotopic (exact) mass is 482 g/mol. The number of rotatable bonds is 6. The molecule has 168 valence electrons. The Balaban J connectivity index is 1.46. The third-order valence-corrected chi connectivity index (χ3v) is 7.25. The standard InChI is InChI=1S/C28H23ClN4S/c1-18-13-25-26(14-19(18)2)32-28(31-25)20(16-30)15-21-17-33(27-6-4-3-5-24(21)27)11-12-34-23-9-7-22(29)8-10-23/h3-10,13-15,17H,11-12H2,1-2H3,(H,31,32)/b20-15-. The Kier molecular flexibility index (Phi) is 6.19. The number of thioether (sulfide) groups is 1.